The van der Waals surface area contributed by atoms with Gasteiger partial charge in [0.2, 0.25) is 0 Å². The van der Waals surface area contributed by atoms with E-state index in [0.29, 0.717) is 31.3 Å². The number of carbonyl (C=O) groups is 2. The Morgan fingerprint density at radius 2 is 2.04 bits per heavy atom. The predicted octanol–water partition coefficient (Wildman–Crippen LogP) is 3.27. The molecular formula is C19H34O5. The molecule has 1 N–H and O–H groups in total. The summed E-state index contributed by atoms with van der Waals surface area (Å²) in [7, 11) is 0. The number of ketones is 1. The summed E-state index contributed by atoms with van der Waals surface area (Å²) in [4.78, 5) is 23.2. The van der Waals surface area contributed by atoms with Crippen LogP contribution in [0.15, 0.2) is 0 Å². The number of aliphatic hydroxyl groups is 1. The minimum atomic E-state index is -0.325. The number of rotatable bonds is 13. The Bertz CT molecular complexity index is 369. The number of hydrogen-bond donors (Lipinski definition) is 1. The van der Waals surface area contributed by atoms with Crippen molar-refractivity contribution in [2.45, 2.75) is 77.7 Å². The third-order valence-electron chi connectivity index (χ3n) is 4.82. The van der Waals surface area contributed by atoms with Gasteiger partial charge in [0, 0.05) is 18.9 Å². The fourth-order valence-electron chi connectivity index (χ4n) is 3.53. The SMILES string of the molecule is CCCC(O)CC[C@H]1CCC(=O)[C@@H]1CCCCOCC(=O)OCC. The number of carbonyl (C=O) groups excluding carboxylic acids is 2. The van der Waals surface area contributed by atoms with E-state index in [2.05, 4.69) is 6.92 Å². The molecule has 5 nitrogen and oxygen atoms in total. The van der Waals surface area contributed by atoms with Gasteiger partial charge >= 0.3 is 5.97 Å². The molecule has 0 aromatic rings. The highest BCUT2D eigenvalue weighted by molar-refractivity contribution is 5.83. The highest BCUT2D eigenvalue weighted by Crippen LogP contribution is 2.36. The number of hydrogen-bond acceptors (Lipinski definition) is 5. The van der Waals surface area contributed by atoms with E-state index in [9.17, 15) is 14.7 Å². The molecule has 0 spiro atoms. The summed E-state index contributed by atoms with van der Waals surface area (Å²) >= 11 is 0. The third kappa shape index (κ3) is 8.25. The van der Waals surface area contributed by atoms with Crippen molar-refractivity contribution >= 4 is 11.8 Å². The van der Waals surface area contributed by atoms with Crippen LogP contribution in [0, 0.1) is 11.8 Å². The first-order valence-corrected chi connectivity index (χ1v) is 9.52. The normalized spacial score (nSPS) is 21.9. The molecule has 1 rings (SSSR count). The summed E-state index contributed by atoms with van der Waals surface area (Å²) in [5.41, 5.74) is 0. The van der Waals surface area contributed by atoms with Crippen molar-refractivity contribution in [1.29, 1.82) is 0 Å². The van der Waals surface area contributed by atoms with Crippen molar-refractivity contribution in [2.75, 3.05) is 19.8 Å². The summed E-state index contributed by atoms with van der Waals surface area (Å²) in [5, 5.41) is 9.88. The lowest BCUT2D eigenvalue weighted by molar-refractivity contribution is -0.148. The van der Waals surface area contributed by atoms with Crippen LogP contribution < -0.4 is 0 Å². The second-order valence-electron chi connectivity index (χ2n) is 6.74. The van der Waals surface area contributed by atoms with Crippen LogP contribution >= 0.6 is 0 Å². The number of unbranched alkanes of at least 4 members (excludes halogenated alkanes) is 1. The van der Waals surface area contributed by atoms with Crippen LogP contribution in [0.2, 0.25) is 0 Å². The minimum Gasteiger partial charge on any atom is -0.464 e. The quantitative estimate of drug-likeness (QED) is 0.411. The molecule has 0 radical (unpaired) electrons. The average Bonchev–Trinajstić information content (AvgIpc) is 2.89. The summed E-state index contributed by atoms with van der Waals surface area (Å²) in [5.74, 6) is 0.653. The van der Waals surface area contributed by atoms with Gasteiger partial charge in [-0.3, -0.25) is 4.79 Å². The number of aliphatic hydroxyl groups excluding tert-OH is 1. The largest absolute Gasteiger partial charge is 0.464 e. The van der Waals surface area contributed by atoms with E-state index in [1.807, 2.05) is 0 Å². The Morgan fingerprint density at radius 3 is 2.75 bits per heavy atom. The molecule has 0 heterocycles. The van der Waals surface area contributed by atoms with E-state index in [1.165, 1.54) is 0 Å². The maximum Gasteiger partial charge on any atom is 0.332 e. The van der Waals surface area contributed by atoms with Gasteiger partial charge in [-0.1, -0.05) is 19.8 Å². The molecule has 1 saturated carbocycles. The average molecular weight is 342 g/mol. The van der Waals surface area contributed by atoms with Gasteiger partial charge in [-0.2, -0.15) is 0 Å². The lowest BCUT2D eigenvalue weighted by Crippen LogP contribution is -2.17. The van der Waals surface area contributed by atoms with Crippen molar-refractivity contribution in [3.8, 4) is 0 Å². The smallest absolute Gasteiger partial charge is 0.332 e. The first kappa shape index (κ1) is 21.1. The van der Waals surface area contributed by atoms with Crippen LogP contribution in [-0.2, 0) is 19.1 Å². The molecule has 3 atom stereocenters. The molecule has 1 aliphatic rings. The van der Waals surface area contributed by atoms with E-state index in [0.717, 1.165) is 51.4 Å². The molecule has 140 valence electrons. The van der Waals surface area contributed by atoms with Gasteiger partial charge in [-0.05, 0) is 51.4 Å². The highest BCUT2D eigenvalue weighted by atomic mass is 16.6. The van der Waals surface area contributed by atoms with Gasteiger partial charge < -0.3 is 14.6 Å². The zero-order valence-electron chi connectivity index (χ0n) is 15.3. The summed E-state index contributed by atoms with van der Waals surface area (Å²) < 4.78 is 10.1. The maximum absolute atomic E-state index is 12.1. The maximum atomic E-state index is 12.1. The molecule has 0 aromatic heterocycles. The molecule has 0 bridgehead atoms. The van der Waals surface area contributed by atoms with Crippen LogP contribution in [0.4, 0.5) is 0 Å². The van der Waals surface area contributed by atoms with E-state index in [-0.39, 0.29) is 24.6 Å². The monoisotopic (exact) mass is 342 g/mol. The van der Waals surface area contributed by atoms with E-state index >= 15 is 0 Å². The molecule has 1 unspecified atom stereocenters. The van der Waals surface area contributed by atoms with Gasteiger partial charge in [0.1, 0.15) is 12.4 Å². The van der Waals surface area contributed by atoms with E-state index < -0.39 is 0 Å². The summed E-state index contributed by atoms with van der Waals surface area (Å²) in [6.07, 6.45) is 7.76. The fourth-order valence-corrected chi connectivity index (χ4v) is 3.53. The Balaban J connectivity index is 2.17. The van der Waals surface area contributed by atoms with Crippen LogP contribution in [0.5, 0.6) is 0 Å². The van der Waals surface area contributed by atoms with Gasteiger partial charge in [0.15, 0.2) is 0 Å². The van der Waals surface area contributed by atoms with Crippen molar-refractivity contribution in [3.63, 3.8) is 0 Å². The first-order chi connectivity index (χ1) is 11.6. The summed E-state index contributed by atoms with van der Waals surface area (Å²) in [6.45, 7) is 4.76. The zero-order valence-corrected chi connectivity index (χ0v) is 15.3. The van der Waals surface area contributed by atoms with Gasteiger partial charge in [0.25, 0.3) is 0 Å². The van der Waals surface area contributed by atoms with Crippen LogP contribution in [0.1, 0.15) is 71.6 Å². The third-order valence-corrected chi connectivity index (χ3v) is 4.82. The predicted molar refractivity (Wildman–Crippen MR) is 92.7 cm³/mol. The number of ether oxygens (including phenoxy) is 2. The van der Waals surface area contributed by atoms with Gasteiger partial charge in [-0.25, -0.2) is 4.79 Å². The van der Waals surface area contributed by atoms with Crippen molar-refractivity contribution in [1.82, 2.24) is 0 Å². The van der Waals surface area contributed by atoms with Crippen LogP contribution in [-0.4, -0.2) is 42.8 Å². The van der Waals surface area contributed by atoms with Crippen molar-refractivity contribution in [3.05, 3.63) is 0 Å². The second-order valence-corrected chi connectivity index (χ2v) is 6.74. The lowest BCUT2D eigenvalue weighted by atomic mass is 9.86. The van der Waals surface area contributed by atoms with Crippen molar-refractivity contribution in [2.24, 2.45) is 11.8 Å². The number of esters is 1. The Labute approximate surface area is 146 Å². The van der Waals surface area contributed by atoms with Crippen molar-refractivity contribution < 1.29 is 24.2 Å². The van der Waals surface area contributed by atoms with Crippen LogP contribution in [0.3, 0.4) is 0 Å². The topological polar surface area (TPSA) is 72.8 Å². The van der Waals surface area contributed by atoms with Crippen LogP contribution in [0.25, 0.3) is 0 Å². The molecule has 0 aliphatic heterocycles. The molecule has 1 aliphatic carbocycles. The molecule has 0 saturated heterocycles. The van der Waals surface area contributed by atoms with Gasteiger partial charge in [0.05, 0.1) is 12.7 Å². The van der Waals surface area contributed by atoms with E-state index in [1.54, 1.807) is 6.92 Å². The Morgan fingerprint density at radius 1 is 1.25 bits per heavy atom. The lowest BCUT2D eigenvalue weighted by Gasteiger charge is -2.19. The molecular weight excluding hydrogens is 308 g/mol. The summed E-state index contributed by atoms with van der Waals surface area (Å²) in [6, 6.07) is 0. The Kier molecular flexibility index (Phi) is 10.9. The second kappa shape index (κ2) is 12.4. The van der Waals surface area contributed by atoms with E-state index in [4.69, 9.17) is 9.47 Å². The molecule has 0 aromatic carbocycles. The first-order valence-electron chi connectivity index (χ1n) is 9.52. The molecule has 0 amide bonds. The molecule has 24 heavy (non-hydrogen) atoms. The standard InChI is InChI=1S/C19H34O5/c1-3-7-16(20)11-9-15-10-12-18(21)17(15)8-5-6-13-23-14-19(22)24-4-2/h15-17,20H,3-14H2,1-2H3/t15-,16?,17+/m0/s1. The molecule has 5 heteroatoms. The zero-order chi connectivity index (χ0) is 17.8. The molecule has 1 fully saturated rings. The Hall–Kier alpha value is -0.940. The number of Topliss-reactive ketones (excluding diaryl/α,β-unsaturated/α-hetero) is 1. The minimum absolute atomic E-state index is 0.00808. The fraction of sp³-hybridized carbons (Fsp3) is 0.895. The van der Waals surface area contributed by atoms with Gasteiger partial charge in [-0.15, -0.1) is 0 Å². The highest BCUT2D eigenvalue weighted by Gasteiger charge is 2.33.